The number of aromatic nitrogens is 3. The number of para-hydroxylation sites is 2. The van der Waals surface area contributed by atoms with Crippen LogP contribution >= 0.6 is 0 Å². The van der Waals surface area contributed by atoms with E-state index in [4.69, 9.17) is 34.6 Å². The van der Waals surface area contributed by atoms with Gasteiger partial charge < -0.3 is 24.7 Å². The molecule has 4 aromatic rings. The van der Waals surface area contributed by atoms with Gasteiger partial charge in [-0.1, -0.05) is 12.1 Å². The molecule has 9 nitrogen and oxygen atoms in total. The Morgan fingerprint density at radius 1 is 1.12 bits per heavy atom. The maximum Gasteiger partial charge on any atom is 0.344 e. The quantitative estimate of drug-likeness (QED) is 0.446. The first-order chi connectivity index (χ1) is 16.1. The predicted octanol–water partition coefficient (Wildman–Crippen LogP) is 3.51. The highest BCUT2D eigenvalue weighted by molar-refractivity contribution is 6.09. The maximum absolute atomic E-state index is 13.2. The topological polar surface area (TPSA) is 111 Å². The highest BCUT2D eigenvalue weighted by Crippen LogP contribution is 2.35. The Hall–Kier alpha value is -3.85. The molecule has 0 saturated carbocycles. The summed E-state index contributed by atoms with van der Waals surface area (Å²) in [7, 11) is 3.12. The Balaban J connectivity index is 1.67. The number of anilines is 1. The molecule has 2 aromatic heterocycles. The van der Waals surface area contributed by atoms with Crippen molar-refractivity contribution in [3.63, 3.8) is 0 Å². The van der Waals surface area contributed by atoms with E-state index in [1.54, 1.807) is 30.9 Å². The van der Waals surface area contributed by atoms with Crippen LogP contribution in [0.4, 0.5) is 5.82 Å². The third-order valence-electron chi connectivity index (χ3n) is 5.75. The summed E-state index contributed by atoms with van der Waals surface area (Å²) in [5.74, 6) is 0.721. The van der Waals surface area contributed by atoms with E-state index >= 15 is 0 Å². The normalized spacial score (nSPS) is 15.8. The first kappa shape index (κ1) is 21.0. The summed E-state index contributed by atoms with van der Waals surface area (Å²) in [5, 5.41) is 0. The smallest absolute Gasteiger partial charge is 0.344 e. The average Bonchev–Trinajstić information content (AvgIpc) is 3.46. The number of benzene rings is 2. The molecule has 0 unspecified atom stereocenters. The van der Waals surface area contributed by atoms with Crippen molar-refractivity contribution < 1.29 is 23.7 Å². The summed E-state index contributed by atoms with van der Waals surface area (Å²) in [4.78, 5) is 22.6. The lowest BCUT2D eigenvalue weighted by atomic mass is 10.2. The van der Waals surface area contributed by atoms with Gasteiger partial charge in [0.2, 0.25) is 0 Å². The number of hydrogen-bond donors (Lipinski definition) is 1. The van der Waals surface area contributed by atoms with Gasteiger partial charge in [0.1, 0.15) is 23.5 Å². The molecule has 0 bridgehead atoms. The third kappa shape index (κ3) is 3.70. The number of ether oxygens (including phenoxy) is 4. The standard InChI is InChI=1S/C24H24N4O5/c1-30-18-10-9-14(12-19(18)31-2)28-22(25)20(24(29)33-13-15-6-5-11-32-15)21-23(28)27-17-8-4-3-7-16(17)26-21/h3-4,7-10,12,15H,5-6,11,13,25H2,1-2H3/t15-/m0/s1. The van der Waals surface area contributed by atoms with Crippen LogP contribution in [-0.2, 0) is 9.47 Å². The second kappa shape index (κ2) is 8.59. The molecule has 1 aliphatic heterocycles. The summed E-state index contributed by atoms with van der Waals surface area (Å²) in [6.45, 7) is 0.850. The number of rotatable bonds is 6. The van der Waals surface area contributed by atoms with Gasteiger partial charge in [-0.25, -0.2) is 14.8 Å². The Morgan fingerprint density at radius 3 is 2.58 bits per heavy atom. The van der Waals surface area contributed by atoms with E-state index in [2.05, 4.69) is 0 Å². The third-order valence-corrected chi connectivity index (χ3v) is 5.75. The van der Waals surface area contributed by atoms with Gasteiger partial charge in [-0.2, -0.15) is 0 Å². The van der Waals surface area contributed by atoms with Crippen LogP contribution in [0.15, 0.2) is 42.5 Å². The van der Waals surface area contributed by atoms with E-state index in [0.29, 0.717) is 46.0 Å². The van der Waals surface area contributed by atoms with Crippen molar-refractivity contribution in [3.8, 4) is 17.2 Å². The predicted molar refractivity (Wildman–Crippen MR) is 123 cm³/mol. The molecule has 1 atom stereocenters. The van der Waals surface area contributed by atoms with Crippen LogP contribution in [0.25, 0.3) is 27.9 Å². The minimum atomic E-state index is -0.559. The summed E-state index contributed by atoms with van der Waals surface area (Å²) in [5.41, 5.74) is 9.52. The molecule has 0 amide bonds. The fraction of sp³-hybridized carbons (Fsp3) is 0.292. The monoisotopic (exact) mass is 448 g/mol. The van der Waals surface area contributed by atoms with E-state index in [1.807, 2.05) is 30.3 Å². The first-order valence-electron chi connectivity index (χ1n) is 10.7. The number of hydrogen-bond acceptors (Lipinski definition) is 8. The van der Waals surface area contributed by atoms with Crippen LogP contribution in [0.1, 0.15) is 23.2 Å². The molecule has 3 heterocycles. The van der Waals surface area contributed by atoms with E-state index in [-0.39, 0.29) is 24.1 Å². The number of carbonyl (C=O) groups is 1. The Labute approximate surface area is 190 Å². The molecule has 5 rings (SSSR count). The molecule has 0 spiro atoms. The maximum atomic E-state index is 13.2. The molecular formula is C24H24N4O5. The lowest BCUT2D eigenvalue weighted by Gasteiger charge is -2.12. The number of nitrogens with two attached hydrogens (primary N) is 1. The van der Waals surface area contributed by atoms with Crippen LogP contribution in [0.5, 0.6) is 11.5 Å². The second-order valence-electron chi connectivity index (χ2n) is 7.75. The number of nitrogen functional groups attached to an aromatic ring is 1. The van der Waals surface area contributed by atoms with Gasteiger partial charge >= 0.3 is 5.97 Å². The number of nitrogens with zero attached hydrogens (tertiary/aromatic N) is 3. The molecule has 9 heteroatoms. The molecule has 2 aromatic carbocycles. The lowest BCUT2D eigenvalue weighted by Crippen LogP contribution is -2.18. The summed E-state index contributed by atoms with van der Waals surface area (Å²) in [6.07, 6.45) is 1.72. The van der Waals surface area contributed by atoms with Gasteiger partial charge in [0, 0.05) is 12.7 Å². The van der Waals surface area contributed by atoms with Gasteiger partial charge in [-0.15, -0.1) is 0 Å². The van der Waals surface area contributed by atoms with Crippen molar-refractivity contribution in [3.05, 3.63) is 48.0 Å². The minimum Gasteiger partial charge on any atom is -0.493 e. The zero-order valence-corrected chi connectivity index (χ0v) is 18.4. The molecule has 0 radical (unpaired) electrons. The largest absolute Gasteiger partial charge is 0.493 e. The Kier molecular flexibility index (Phi) is 5.47. The fourth-order valence-corrected chi connectivity index (χ4v) is 4.10. The van der Waals surface area contributed by atoms with Crippen molar-refractivity contribution in [2.75, 3.05) is 33.2 Å². The van der Waals surface area contributed by atoms with Gasteiger partial charge in [-0.3, -0.25) is 4.57 Å². The summed E-state index contributed by atoms with van der Waals surface area (Å²) >= 11 is 0. The van der Waals surface area contributed by atoms with E-state index in [1.165, 1.54) is 0 Å². The van der Waals surface area contributed by atoms with Gasteiger partial charge in [0.25, 0.3) is 0 Å². The lowest BCUT2D eigenvalue weighted by molar-refractivity contribution is 0.0163. The molecule has 33 heavy (non-hydrogen) atoms. The van der Waals surface area contributed by atoms with Gasteiger partial charge in [-0.05, 0) is 37.1 Å². The highest BCUT2D eigenvalue weighted by atomic mass is 16.6. The molecule has 1 saturated heterocycles. The zero-order chi connectivity index (χ0) is 22.9. The SMILES string of the molecule is COc1ccc(-n2c(N)c(C(=O)OC[C@@H]3CCCO3)c3nc4ccccc4nc32)cc1OC. The van der Waals surface area contributed by atoms with Crippen molar-refractivity contribution in [1.82, 2.24) is 14.5 Å². The van der Waals surface area contributed by atoms with Crippen LogP contribution < -0.4 is 15.2 Å². The second-order valence-corrected chi connectivity index (χ2v) is 7.75. The zero-order valence-electron chi connectivity index (χ0n) is 18.4. The van der Waals surface area contributed by atoms with Crippen LogP contribution in [-0.4, -0.2) is 54.0 Å². The molecule has 1 aliphatic rings. The number of carbonyl (C=O) groups excluding carboxylic acids is 1. The first-order valence-corrected chi connectivity index (χ1v) is 10.7. The van der Waals surface area contributed by atoms with Crippen molar-refractivity contribution >= 4 is 34.0 Å². The van der Waals surface area contributed by atoms with Crippen molar-refractivity contribution in [2.24, 2.45) is 0 Å². The summed E-state index contributed by atoms with van der Waals surface area (Å²) in [6, 6.07) is 12.8. The van der Waals surface area contributed by atoms with Crippen LogP contribution in [0.3, 0.4) is 0 Å². The van der Waals surface area contributed by atoms with Crippen LogP contribution in [0.2, 0.25) is 0 Å². The minimum absolute atomic E-state index is 0.0960. The van der Waals surface area contributed by atoms with E-state index in [0.717, 1.165) is 12.8 Å². The van der Waals surface area contributed by atoms with E-state index < -0.39 is 5.97 Å². The fourth-order valence-electron chi connectivity index (χ4n) is 4.10. The number of fused-ring (bicyclic) bond motifs is 2. The Morgan fingerprint density at radius 2 is 1.88 bits per heavy atom. The van der Waals surface area contributed by atoms with Crippen LogP contribution in [0, 0.1) is 0 Å². The van der Waals surface area contributed by atoms with Crippen molar-refractivity contribution in [2.45, 2.75) is 18.9 Å². The molecule has 170 valence electrons. The van der Waals surface area contributed by atoms with Gasteiger partial charge in [0.05, 0.1) is 37.0 Å². The average molecular weight is 448 g/mol. The number of methoxy groups -OCH3 is 2. The molecule has 2 N–H and O–H groups in total. The molecule has 1 fully saturated rings. The molecule has 0 aliphatic carbocycles. The molecular weight excluding hydrogens is 424 g/mol. The van der Waals surface area contributed by atoms with Gasteiger partial charge in [0.15, 0.2) is 17.1 Å². The van der Waals surface area contributed by atoms with Crippen molar-refractivity contribution in [1.29, 1.82) is 0 Å². The number of esters is 1. The Bertz CT molecular complexity index is 1340. The van der Waals surface area contributed by atoms with E-state index in [9.17, 15) is 4.79 Å². The highest BCUT2D eigenvalue weighted by Gasteiger charge is 2.27. The summed E-state index contributed by atoms with van der Waals surface area (Å²) < 4.78 is 23.6.